The summed E-state index contributed by atoms with van der Waals surface area (Å²) in [4.78, 5) is 0. The monoisotopic (exact) mass is 193 g/mol. The lowest BCUT2D eigenvalue weighted by Crippen LogP contribution is -2.18. The maximum Gasteiger partial charge on any atom is 0.187 e. The van der Waals surface area contributed by atoms with Crippen molar-refractivity contribution in [2.24, 2.45) is 0 Å². The Balaban J connectivity index is 2.20. The maximum absolute atomic E-state index is 5.45. The van der Waals surface area contributed by atoms with Crippen molar-refractivity contribution in [1.82, 2.24) is 0 Å². The molecule has 3 nitrogen and oxygen atoms in total. The van der Waals surface area contributed by atoms with Gasteiger partial charge in [0.05, 0.1) is 20.3 Å². The van der Waals surface area contributed by atoms with Gasteiger partial charge in [0.25, 0.3) is 0 Å². The minimum Gasteiger partial charge on any atom is -0.496 e. The third-order valence-electron chi connectivity index (χ3n) is 2.12. The first kappa shape index (κ1) is 9.49. The van der Waals surface area contributed by atoms with E-state index in [4.69, 9.17) is 14.2 Å². The van der Waals surface area contributed by atoms with Crippen molar-refractivity contribution in [2.45, 2.75) is 6.29 Å². The minimum absolute atomic E-state index is 0.295. The molecule has 1 heterocycles. The molecular formula is C11H13O3. The van der Waals surface area contributed by atoms with E-state index in [2.05, 4.69) is 0 Å². The SMILES string of the molecule is COc1ccccc1C1OC[CH]CO1. The molecule has 0 unspecified atom stereocenters. The molecule has 3 heteroatoms. The summed E-state index contributed by atoms with van der Waals surface area (Å²) in [5.74, 6) is 0.805. The number of benzene rings is 1. The van der Waals surface area contributed by atoms with Crippen LogP contribution in [0.2, 0.25) is 0 Å². The van der Waals surface area contributed by atoms with Gasteiger partial charge in [0.2, 0.25) is 0 Å². The number of hydrogen-bond acceptors (Lipinski definition) is 3. The number of rotatable bonds is 2. The highest BCUT2D eigenvalue weighted by atomic mass is 16.7. The maximum atomic E-state index is 5.45. The fraction of sp³-hybridized carbons (Fsp3) is 0.364. The molecule has 1 saturated heterocycles. The smallest absolute Gasteiger partial charge is 0.187 e. The summed E-state index contributed by atoms with van der Waals surface area (Å²) in [5, 5.41) is 0. The van der Waals surface area contributed by atoms with E-state index in [1.54, 1.807) is 7.11 Å². The number of ether oxygens (including phenoxy) is 3. The molecule has 0 spiro atoms. The van der Waals surface area contributed by atoms with E-state index in [1.807, 2.05) is 30.7 Å². The predicted octanol–water partition coefficient (Wildman–Crippen LogP) is 1.94. The van der Waals surface area contributed by atoms with Gasteiger partial charge in [-0.15, -0.1) is 0 Å². The summed E-state index contributed by atoms with van der Waals surface area (Å²) in [7, 11) is 1.65. The summed E-state index contributed by atoms with van der Waals surface area (Å²) in [6.07, 6.45) is 1.66. The van der Waals surface area contributed by atoms with E-state index in [0.29, 0.717) is 13.2 Å². The Morgan fingerprint density at radius 3 is 2.64 bits per heavy atom. The van der Waals surface area contributed by atoms with Crippen LogP contribution in [-0.2, 0) is 9.47 Å². The van der Waals surface area contributed by atoms with Crippen LogP contribution in [0.4, 0.5) is 0 Å². The minimum atomic E-state index is -0.295. The molecular weight excluding hydrogens is 180 g/mol. The van der Waals surface area contributed by atoms with Gasteiger partial charge >= 0.3 is 0 Å². The van der Waals surface area contributed by atoms with Crippen LogP contribution in [-0.4, -0.2) is 20.3 Å². The molecule has 0 amide bonds. The highest BCUT2D eigenvalue weighted by Gasteiger charge is 2.19. The summed E-state index contributed by atoms with van der Waals surface area (Å²) in [5.41, 5.74) is 0.947. The number of para-hydroxylation sites is 1. The van der Waals surface area contributed by atoms with Crippen LogP contribution in [0.3, 0.4) is 0 Å². The molecule has 1 aliphatic heterocycles. The fourth-order valence-electron chi connectivity index (χ4n) is 1.45. The molecule has 1 aliphatic rings. The van der Waals surface area contributed by atoms with Gasteiger partial charge in [0, 0.05) is 12.0 Å². The first-order valence-electron chi connectivity index (χ1n) is 4.59. The Bertz CT molecular complexity index is 292. The summed E-state index contributed by atoms with van der Waals surface area (Å²) < 4.78 is 16.1. The normalized spacial score (nSPS) is 18.1. The number of methoxy groups -OCH3 is 1. The van der Waals surface area contributed by atoms with E-state index in [9.17, 15) is 0 Å². The Labute approximate surface area is 83.6 Å². The quantitative estimate of drug-likeness (QED) is 0.718. The lowest BCUT2D eigenvalue weighted by atomic mass is 10.2. The predicted molar refractivity (Wildman–Crippen MR) is 51.9 cm³/mol. The van der Waals surface area contributed by atoms with E-state index in [1.165, 1.54) is 0 Å². The Morgan fingerprint density at radius 2 is 1.93 bits per heavy atom. The van der Waals surface area contributed by atoms with Crippen LogP contribution < -0.4 is 4.74 Å². The van der Waals surface area contributed by atoms with Crippen molar-refractivity contribution in [3.8, 4) is 5.75 Å². The van der Waals surface area contributed by atoms with Crippen LogP contribution in [0.15, 0.2) is 24.3 Å². The van der Waals surface area contributed by atoms with Gasteiger partial charge in [-0.3, -0.25) is 0 Å². The second-order valence-corrected chi connectivity index (χ2v) is 3.03. The lowest BCUT2D eigenvalue weighted by Gasteiger charge is -2.24. The topological polar surface area (TPSA) is 27.7 Å². The highest BCUT2D eigenvalue weighted by Crippen LogP contribution is 2.29. The van der Waals surface area contributed by atoms with Crippen LogP contribution in [0.5, 0.6) is 5.75 Å². The first-order valence-corrected chi connectivity index (χ1v) is 4.59. The zero-order chi connectivity index (χ0) is 9.80. The first-order chi connectivity index (χ1) is 6.92. The standard InChI is InChI=1S/C11H13O3/c1-12-10-6-3-2-5-9(10)11-13-7-4-8-14-11/h2-6,11H,7-8H2,1H3. The third kappa shape index (κ3) is 1.89. The molecule has 1 aromatic rings. The summed E-state index contributed by atoms with van der Waals surface area (Å²) in [6, 6.07) is 7.73. The van der Waals surface area contributed by atoms with Gasteiger partial charge in [0.1, 0.15) is 5.75 Å². The van der Waals surface area contributed by atoms with Crippen LogP contribution in [0, 0.1) is 6.42 Å². The molecule has 2 rings (SSSR count). The van der Waals surface area contributed by atoms with Crippen LogP contribution in [0.1, 0.15) is 11.9 Å². The van der Waals surface area contributed by atoms with E-state index < -0.39 is 0 Å². The second-order valence-electron chi connectivity index (χ2n) is 3.03. The van der Waals surface area contributed by atoms with Gasteiger partial charge in [-0.1, -0.05) is 18.2 Å². The Hall–Kier alpha value is -1.06. The van der Waals surface area contributed by atoms with Gasteiger partial charge in [-0.05, 0) is 6.07 Å². The van der Waals surface area contributed by atoms with Crippen molar-refractivity contribution < 1.29 is 14.2 Å². The van der Waals surface area contributed by atoms with E-state index in [-0.39, 0.29) is 6.29 Å². The van der Waals surface area contributed by atoms with Gasteiger partial charge in [-0.25, -0.2) is 0 Å². The van der Waals surface area contributed by atoms with Crippen molar-refractivity contribution in [1.29, 1.82) is 0 Å². The lowest BCUT2D eigenvalue weighted by molar-refractivity contribution is -0.164. The van der Waals surface area contributed by atoms with Crippen molar-refractivity contribution >= 4 is 0 Å². The van der Waals surface area contributed by atoms with E-state index >= 15 is 0 Å². The van der Waals surface area contributed by atoms with E-state index in [0.717, 1.165) is 11.3 Å². The van der Waals surface area contributed by atoms with Gasteiger partial charge in [0.15, 0.2) is 6.29 Å². The van der Waals surface area contributed by atoms with Crippen molar-refractivity contribution in [3.05, 3.63) is 36.2 Å². The molecule has 0 bridgehead atoms. The molecule has 0 atom stereocenters. The number of hydrogen-bond donors (Lipinski definition) is 0. The average molecular weight is 193 g/mol. The second kappa shape index (κ2) is 4.44. The average Bonchev–Trinajstić information content (AvgIpc) is 2.30. The largest absolute Gasteiger partial charge is 0.496 e. The van der Waals surface area contributed by atoms with Crippen molar-refractivity contribution in [3.63, 3.8) is 0 Å². The molecule has 0 aromatic heterocycles. The third-order valence-corrected chi connectivity index (χ3v) is 2.12. The van der Waals surface area contributed by atoms with Crippen molar-refractivity contribution in [2.75, 3.05) is 20.3 Å². The fourth-order valence-corrected chi connectivity index (χ4v) is 1.45. The molecule has 1 radical (unpaired) electrons. The Kier molecular flexibility index (Phi) is 3.01. The zero-order valence-corrected chi connectivity index (χ0v) is 8.10. The molecule has 75 valence electrons. The van der Waals surface area contributed by atoms with Crippen LogP contribution in [0.25, 0.3) is 0 Å². The summed E-state index contributed by atoms with van der Waals surface area (Å²) >= 11 is 0. The molecule has 1 fully saturated rings. The molecule has 0 N–H and O–H groups in total. The van der Waals surface area contributed by atoms with Gasteiger partial charge < -0.3 is 14.2 Å². The molecule has 14 heavy (non-hydrogen) atoms. The zero-order valence-electron chi connectivity index (χ0n) is 8.10. The highest BCUT2D eigenvalue weighted by molar-refractivity contribution is 5.34. The molecule has 1 aromatic carbocycles. The molecule has 0 saturated carbocycles. The Morgan fingerprint density at radius 1 is 1.21 bits per heavy atom. The molecule has 0 aliphatic carbocycles. The van der Waals surface area contributed by atoms with Gasteiger partial charge in [-0.2, -0.15) is 0 Å². The summed E-state index contributed by atoms with van der Waals surface area (Å²) in [6.45, 7) is 1.26. The van der Waals surface area contributed by atoms with Crippen LogP contribution >= 0.6 is 0 Å².